The normalized spacial score (nSPS) is 14.0. The monoisotopic (exact) mass is 394 g/mol. The lowest BCUT2D eigenvalue weighted by Crippen LogP contribution is -2.42. The van der Waals surface area contributed by atoms with Crippen molar-refractivity contribution in [1.29, 1.82) is 0 Å². The van der Waals surface area contributed by atoms with Crippen molar-refractivity contribution in [3.63, 3.8) is 0 Å². The van der Waals surface area contributed by atoms with E-state index in [0.29, 0.717) is 17.4 Å². The zero-order valence-corrected chi connectivity index (χ0v) is 16.0. The Balaban J connectivity index is 1.85. The molecule has 0 saturated carbocycles. The number of carbonyl (C=O) groups excluding carboxylic acids is 2. The Morgan fingerprint density at radius 3 is 2.92 bits per heavy atom. The highest BCUT2D eigenvalue weighted by Crippen LogP contribution is 2.36. The second kappa shape index (κ2) is 8.11. The molecule has 0 bridgehead atoms. The van der Waals surface area contributed by atoms with Crippen LogP contribution in [-0.2, 0) is 25.8 Å². The number of nitrogens with zero attached hydrogens (tertiary/aromatic N) is 2. The number of thioether (sulfide) groups is 1. The van der Waals surface area contributed by atoms with Gasteiger partial charge in [-0.2, -0.15) is 16.9 Å². The van der Waals surface area contributed by atoms with E-state index in [0.717, 1.165) is 28.5 Å². The van der Waals surface area contributed by atoms with Crippen molar-refractivity contribution in [3.05, 3.63) is 40.5 Å². The summed E-state index contributed by atoms with van der Waals surface area (Å²) in [5.41, 5.74) is 2.56. The van der Waals surface area contributed by atoms with E-state index < -0.39 is 11.8 Å². The van der Waals surface area contributed by atoms with Crippen LogP contribution in [0, 0.1) is 0 Å². The van der Waals surface area contributed by atoms with Gasteiger partial charge in [-0.25, -0.2) is 4.68 Å². The Labute approximate surface area is 160 Å². The van der Waals surface area contributed by atoms with Gasteiger partial charge in [0.2, 0.25) is 0 Å². The Morgan fingerprint density at radius 2 is 2.19 bits per heavy atom. The lowest BCUT2D eigenvalue weighted by molar-refractivity contribution is -0.136. The minimum atomic E-state index is -0.740. The Bertz CT molecular complexity index is 839. The number of ether oxygens (including phenoxy) is 1. The van der Waals surface area contributed by atoms with Crippen molar-refractivity contribution in [3.8, 4) is 5.69 Å². The molecule has 7 nitrogen and oxygen atoms in total. The maximum Gasteiger partial charge on any atom is 0.314 e. The molecule has 9 heteroatoms. The van der Waals surface area contributed by atoms with E-state index in [9.17, 15) is 9.59 Å². The minimum Gasteiger partial charge on any atom is -0.383 e. The van der Waals surface area contributed by atoms with Gasteiger partial charge >= 0.3 is 11.8 Å². The molecule has 3 rings (SSSR count). The van der Waals surface area contributed by atoms with E-state index in [1.807, 2.05) is 12.1 Å². The van der Waals surface area contributed by atoms with Gasteiger partial charge in [-0.1, -0.05) is 17.7 Å². The molecule has 0 saturated heterocycles. The first-order valence-corrected chi connectivity index (χ1v) is 9.58. The van der Waals surface area contributed by atoms with Crippen LogP contribution in [0.15, 0.2) is 24.3 Å². The number of hydrogen-bond donors (Lipinski definition) is 2. The van der Waals surface area contributed by atoms with Crippen molar-refractivity contribution in [1.82, 2.24) is 15.1 Å². The van der Waals surface area contributed by atoms with Crippen LogP contribution in [0.25, 0.3) is 5.69 Å². The fraction of sp³-hybridized carbons (Fsp3) is 0.353. The van der Waals surface area contributed by atoms with Gasteiger partial charge in [0.05, 0.1) is 18.0 Å². The van der Waals surface area contributed by atoms with E-state index in [4.69, 9.17) is 16.3 Å². The lowest BCUT2D eigenvalue weighted by atomic mass is 10.2. The van der Waals surface area contributed by atoms with E-state index in [1.54, 1.807) is 35.5 Å². The number of fused-ring (bicyclic) bond motifs is 1. The fourth-order valence-corrected chi connectivity index (χ4v) is 3.90. The second-order valence-electron chi connectivity index (χ2n) is 5.94. The molecule has 1 aliphatic heterocycles. The molecule has 0 aliphatic carbocycles. The standard InChI is InChI=1S/C17H19ClN4O3S/c1-10(7-25-2)19-16(23)17(24)20-15-13-8-26-9-14(13)21-22(15)12-5-3-4-11(18)6-12/h3-6,10H,7-9H2,1-2H3,(H,19,23)(H,20,24)/t10-/m0/s1. The number of benzene rings is 1. The van der Waals surface area contributed by atoms with Gasteiger partial charge in [0.15, 0.2) is 0 Å². The summed E-state index contributed by atoms with van der Waals surface area (Å²) in [6, 6.07) is 6.91. The molecule has 0 unspecified atom stereocenters. The Hall–Kier alpha value is -2.03. The summed E-state index contributed by atoms with van der Waals surface area (Å²) in [4.78, 5) is 24.5. The maximum absolute atomic E-state index is 12.4. The predicted octanol–water partition coefficient (Wildman–Crippen LogP) is 2.36. The molecule has 1 aromatic heterocycles. The Kier molecular flexibility index (Phi) is 5.85. The summed E-state index contributed by atoms with van der Waals surface area (Å²) in [5, 5.41) is 10.4. The zero-order chi connectivity index (χ0) is 18.7. The molecule has 1 aromatic carbocycles. The largest absolute Gasteiger partial charge is 0.383 e. The highest BCUT2D eigenvalue weighted by atomic mass is 35.5. The third kappa shape index (κ3) is 4.03. The van der Waals surface area contributed by atoms with Crippen molar-refractivity contribution in [2.75, 3.05) is 19.0 Å². The summed E-state index contributed by atoms with van der Waals surface area (Å²) in [6.07, 6.45) is 0. The first kappa shape index (κ1) is 18.8. The van der Waals surface area contributed by atoms with Crippen LogP contribution >= 0.6 is 23.4 Å². The van der Waals surface area contributed by atoms with E-state index >= 15 is 0 Å². The predicted molar refractivity (Wildman–Crippen MR) is 102 cm³/mol. The third-order valence-corrected chi connectivity index (χ3v) is 5.04. The van der Waals surface area contributed by atoms with Crippen molar-refractivity contribution < 1.29 is 14.3 Å². The minimum absolute atomic E-state index is 0.266. The molecular formula is C17H19ClN4O3S. The average Bonchev–Trinajstić information content (AvgIpc) is 3.17. The molecule has 0 radical (unpaired) electrons. The van der Waals surface area contributed by atoms with Gasteiger partial charge in [0.1, 0.15) is 5.82 Å². The molecular weight excluding hydrogens is 376 g/mol. The van der Waals surface area contributed by atoms with Crippen LogP contribution in [0.4, 0.5) is 5.82 Å². The SMILES string of the molecule is COC[C@H](C)NC(=O)C(=O)Nc1c2c(nn1-c1cccc(Cl)c1)CSC2. The van der Waals surface area contributed by atoms with Crippen molar-refractivity contribution >= 4 is 41.0 Å². The van der Waals surface area contributed by atoms with E-state index in [1.165, 1.54) is 7.11 Å². The van der Waals surface area contributed by atoms with Crippen LogP contribution in [0.2, 0.25) is 5.02 Å². The molecule has 2 amide bonds. The fourth-order valence-electron chi connectivity index (χ4n) is 2.68. The number of rotatable bonds is 5. The zero-order valence-electron chi connectivity index (χ0n) is 14.4. The molecule has 2 heterocycles. The summed E-state index contributed by atoms with van der Waals surface area (Å²) < 4.78 is 6.59. The van der Waals surface area contributed by atoms with Crippen LogP contribution in [-0.4, -0.2) is 41.4 Å². The molecule has 0 fully saturated rings. The van der Waals surface area contributed by atoms with E-state index in [-0.39, 0.29) is 6.04 Å². The second-order valence-corrected chi connectivity index (χ2v) is 7.36. The van der Waals surface area contributed by atoms with Crippen LogP contribution in [0.5, 0.6) is 0 Å². The molecule has 26 heavy (non-hydrogen) atoms. The number of carbonyl (C=O) groups is 2. The highest BCUT2D eigenvalue weighted by Gasteiger charge is 2.26. The quantitative estimate of drug-likeness (QED) is 0.760. The summed E-state index contributed by atoms with van der Waals surface area (Å²) in [7, 11) is 1.53. The Morgan fingerprint density at radius 1 is 1.38 bits per heavy atom. The van der Waals surface area contributed by atoms with Gasteiger partial charge in [0.25, 0.3) is 0 Å². The summed E-state index contributed by atoms with van der Waals surface area (Å²) >= 11 is 7.79. The first-order valence-electron chi connectivity index (χ1n) is 8.05. The molecule has 2 N–H and O–H groups in total. The summed E-state index contributed by atoms with van der Waals surface area (Å²) in [5.74, 6) is 0.547. The van der Waals surface area contributed by atoms with E-state index in [2.05, 4.69) is 15.7 Å². The number of anilines is 1. The maximum atomic E-state index is 12.4. The van der Waals surface area contributed by atoms with Gasteiger partial charge < -0.3 is 15.4 Å². The van der Waals surface area contributed by atoms with Crippen LogP contribution < -0.4 is 10.6 Å². The van der Waals surface area contributed by atoms with Crippen molar-refractivity contribution in [2.45, 2.75) is 24.5 Å². The van der Waals surface area contributed by atoms with Gasteiger partial charge in [-0.3, -0.25) is 9.59 Å². The van der Waals surface area contributed by atoms with Crippen LogP contribution in [0.3, 0.4) is 0 Å². The number of amides is 2. The topological polar surface area (TPSA) is 85.2 Å². The third-order valence-electron chi connectivity index (χ3n) is 3.84. The molecule has 1 atom stereocenters. The lowest BCUT2D eigenvalue weighted by Gasteiger charge is -2.14. The molecule has 2 aromatic rings. The van der Waals surface area contributed by atoms with Gasteiger partial charge in [-0.15, -0.1) is 0 Å². The van der Waals surface area contributed by atoms with Gasteiger partial charge in [0, 0.05) is 35.2 Å². The number of hydrogen-bond acceptors (Lipinski definition) is 5. The highest BCUT2D eigenvalue weighted by molar-refractivity contribution is 7.98. The molecule has 138 valence electrons. The number of halogens is 1. The van der Waals surface area contributed by atoms with Gasteiger partial charge in [-0.05, 0) is 25.1 Å². The van der Waals surface area contributed by atoms with Crippen molar-refractivity contribution in [2.24, 2.45) is 0 Å². The molecule has 0 spiro atoms. The first-order chi connectivity index (χ1) is 12.5. The number of methoxy groups -OCH3 is 1. The molecule has 1 aliphatic rings. The number of aromatic nitrogens is 2. The average molecular weight is 395 g/mol. The van der Waals surface area contributed by atoms with Crippen LogP contribution in [0.1, 0.15) is 18.2 Å². The smallest absolute Gasteiger partial charge is 0.314 e. The summed E-state index contributed by atoms with van der Waals surface area (Å²) in [6.45, 7) is 2.09. The number of nitrogens with one attached hydrogen (secondary N) is 2.